The Bertz CT molecular complexity index is 2070. The number of fused-ring (bicyclic) bond motifs is 2. The van der Waals surface area contributed by atoms with E-state index in [1.807, 2.05) is 31.1 Å². The Labute approximate surface area is 284 Å². The fourth-order valence-corrected chi connectivity index (χ4v) is 6.89. The number of carbonyl (C=O) groups is 1. The summed E-state index contributed by atoms with van der Waals surface area (Å²) in [4.78, 5) is 44.5. The quantitative estimate of drug-likeness (QED) is 0.119. The van der Waals surface area contributed by atoms with Crippen molar-refractivity contribution in [1.82, 2.24) is 29.4 Å². The number of unbranched alkanes of at least 4 members (excludes halogenated alkanes) is 3. The van der Waals surface area contributed by atoms with Crippen molar-refractivity contribution in [2.45, 2.75) is 84.3 Å². The van der Waals surface area contributed by atoms with Gasteiger partial charge in [-0.2, -0.15) is 4.98 Å². The maximum absolute atomic E-state index is 16.0. The summed E-state index contributed by atoms with van der Waals surface area (Å²) in [5.74, 6) is -0.822. The van der Waals surface area contributed by atoms with Gasteiger partial charge >= 0.3 is 5.69 Å². The minimum Gasteiger partial charge on any atom is -0.349 e. The second-order valence-corrected chi connectivity index (χ2v) is 13.4. The van der Waals surface area contributed by atoms with E-state index in [1.165, 1.54) is 23.8 Å². The number of benzene rings is 1. The Hall–Kier alpha value is -4.93. The molecule has 49 heavy (non-hydrogen) atoms. The van der Waals surface area contributed by atoms with Crippen LogP contribution in [0, 0.1) is 11.6 Å². The van der Waals surface area contributed by atoms with Crippen LogP contribution in [-0.4, -0.2) is 60.5 Å². The van der Waals surface area contributed by atoms with Crippen LogP contribution in [0.5, 0.6) is 0 Å². The molecule has 0 aliphatic carbocycles. The fourth-order valence-electron chi connectivity index (χ4n) is 6.89. The summed E-state index contributed by atoms with van der Waals surface area (Å²) in [6.45, 7) is 13.2. The van der Waals surface area contributed by atoms with Gasteiger partial charge in [0.15, 0.2) is 5.82 Å². The smallest absolute Gasteiger partial charge is 0.348 e. The molecular formula is C38H43F2N7O2. The maximum atomic E-state index is 16.0. The topological polar surface area (TPSA) is 100 Å². The van der Waals surface area contributed by atoms with Crippen LogP contribution >= 0.6 is 0 Å². The highest BCUT2D eigenvalue weighted by molar-refractivity contribution is 5.97. The van der Waals surface area contributed by atoms with Gasteiger partial charge in [0.2, 0.25) is 5.91 Å². The summed E-state index contributed by atoms with van der Waals surface area (Å²) in [7, 11) is 0. The van der Waals surface area contributed by atoms with Crippen molar-refractivity contribution in [2.24, 2.45) is 0 Å². The summed E-state index contributed by atoms with van der Waals surface area (Å²) < 4.78 is 33.6. The molecule has 9 nitrogen and oxygen atoms in total. The summed E-state index contributed by atoms with van der Waals surface area (Å²) >= 11 is 0. The number of nitrogens with zero attached hydrogens (tertiary/aromatic N) is 6. The maximum Gasteiger partial charge on any atom is 0.348 e. The molecule has 5 heterocycles. The predicted molar refractivity (Wildman–Crippen MR) is 190 cm³/mol. The van der Waals surface area contributed by atoms with Gasteiger partial charge in [-0.25, -0.2) is 18.6 Å². The highest BCUT2D eigenvalue weighted by atomic mass is 19.1. The van der Waals surface area contributed by atoms with E-state index in [1.54, 1.807) is 17.0 Å². The molecule has 1 aliphatic heterocycles. The molecule has 256 valence electrons. The van der Waals surface area contributed by atoms with E-state index in [0.29, 0.717) is 29.8 Å². The Balaban J connectivity index is 1.21. The molecule has 5 aromatic rings. The van der Waals surface area contributed by atoms with Gasteiger partial charge in [0.05, 0.1) is 5.39 Å². The van der Waals surface area contributed by atoms with Crippen LogP contribution in [0.25, 0.3) is 33.2 Å². The van der Waals surface area contributed by atoms with Crippen molar-refractivity contribution in [3.05, 3.63) is 94.8 Å². The minimum atomic E-state index is -0.724. The van der Waals surface area contributed by atoms with Crippen molar-refractivity contribution in [3.63, 3.8) is 0 Å². The monoisotopic (exact) mass is 667 g/mol. The highest BCUT2D eigenvalue weighted by Gasteiger charge is 2.33. The van der Waals surface area contributed by atoms with E-state index < -0.39 is 17.3 Å². The van der Waals surface area contributed by atoms with E-state index >= 15 is 8.78 Å². The van der Waals surface area contributed by atoms with E-state index in [2.05, 4.69) is 57.1 Å². The molecule has 0 unspecified atom stereocenters. The number of halogens is 2. The molecule has 0 bridgehead atoms. The number of rotatable bonds is 11. The lowest BCUT2D eigenvalue weighted by molar-refractivity contribution is -0.128. The molecule has 0 spiro atoms. The van der Waals surface area contributed by atoms with E-state index in [4.69, 9.17) is 0 Å². The molecule has 6 rings (SSSR count). The van der Waals surface area contributed by atoms with E-state index in [0.717, 1.165) is 49.9 Å². The zero-order chi connectivity index (χ0) is 34.8. The number of hydrogen-bond acceptors (Lipinski definition) is 6. The third-order valence-corrected chi connectivity index (χ3v) is 9.56. The number of nitrogens with one attached hydrogen (secondary N) is 1. The lowest BCUT2D eigenvalue weighted by atomic mass is 10.0. The molecule has 11 heteroatoms. The SMILES string of the molecule is C=CC(=O)N1C[C@H](C)N(c2nc(=O)[nH]c3nc(-c4c(F)ccc5c4ccn5CCCCCCc4ccnc(C(C)C)c4)c(F)cc23)C[C@H]1C. The first kappa shape index (κ1) is 34.0. The van der Waals surface area contributed by atoms with E-state index in [-0.39, 0.29) is 40.7 Å². The Kier molecular flexibility index (Phi) is 9.89. The summed E-state index contributed by atoms with van der Waals surface area (Å²) in [6.07, 6.45) is 10.3. The second-order valence-electron chi connectivity index (χ2n) is 13.4. The van der Waals surface area contributed by atoms with Crippen LogP contribution in [0.1, 0.15) is 70.6 Å². The highest BCUT2D eigenvalue weighted by Crippen LogP contribution is 2.35. The first-order chi connectivity index (χ1) is 23.5. The number of anilines is 1. The Morgan fingerprint density at radius 1 is 1.00 bits per heavy atom. The summed E-state index contributed by atoms with van der Waals surface area (Å²) in [5, 5.41) is 0.851. The van der Waals surface area contributed by atoms with Gasteiger partial charge in [-0.1, -0.05) is 33.3 Å². The average Bonchev–Trinajstić information content (AvgIpc) is 3.49. The van der Waals surface area contributed by atoms with Gasteiger partial charge in [0.1, 0.15) is 23.0 Å². The van der Waals surface area contributed by atoms with Gasteiger partial charge in [0.25, 0.3) is 0 Å². The van der Waals surface area contributed by atoms with Crippen molar-refractivity contribution >= 4 is 33.7 Å². The number of hydrogen-bond donors (Lipinski definition) is 1. The van der Waals surface area contributed by atoms with Crippen LogP contribution in [0.2, 0.25) is 0 Å². The number of pyridine rings is 2. The summed E-state index contributed by atoms with van der Waals surface area (Å²) in [6, 6.07) is 9.99. The molecule has 2 atom stereocenters. The van der Waals surface area contributed by atoms with Crippen molar-refractivity contribution < 1.29 is 13.6 Å². The van der Waals surface area contributed by atoms with Gasteiger partial charge in [0, 0.05) is 66.3 Å². The third-order valence-electron chi connectivity index (χ3n) is 9.56. The fraction of sp³-hybridized carbons (Fsp3) is 0.395. The molecule has 1 saturated heterocycles. The van der Waals surface area contributed by atoms with E-state index in [9.17, 15) is 9.59 Å². The van der Waals surface area contributed by atoms with Crippen molar-refractivity contribution in [2.75, 3.05) is 18.0 Å². The third kappa shape index (κ3) is 6.97. The minimum absolute atomic E-state index is 0.0477. The van der Waals surface area contributed by atoms with Crippen LogP contribution in [-0.2, 0) is 17.8 Å². The molecule has 1 aliphatic rings. The zero-order valence-corrected chi connectivity index (χ0v) is 28.5. The molecule has 1 N–H and O–H groups in total. The number of aromatic nitrogens is 5. The molecule has 1 amide bonds. The summed E-state index contributed by atoms with van der Waals surface area (Å²) in [5.41, 5.74) is 2.56. The lowest BCUT2D eigenvalue weighted by Gasteiger charge is -2.44. The standard InChI is InChI=1S/C38H43F2N7O2/c1-6-33(48)46-21-25(5)47(22-24(46)4)37-28-20-30(40)35(42-36(28)43-38(49)44-37)34-27-15-18-45(32(27)13-12-29(34)39)17-10-8-7-9-11-26-14-16-41-31(19-26)23(2)3/h6,12-16,18-20,23-25H,1,7-11,17,21-22H2,2-5H3,(H,42,43,44,49)/t24-,25+/m1/s1. The number of piperazine rings is 1. The first-order valence-electron chi connectivity index (χ1n) is 17.1. The lowest BCUT2D eigenvalue weighted by Crippen LogP contribution is -2.58. The Morgan fingerprint density at radius 3 is 2.57 bits per heavy atom. The Morgan fingerprint density at radius 2 is 1.80 bits per heavy atom. The molecule has 1 aromatic carbocycles. The van der Waals surface area contributed by atoms with Gasteiger partial charge in [-0.05, 0) is 87.1 Å². The average molecular weight is 668 g/mol. The number of carbonyl (C=O) groups excluding carboxylic acids is 1. The number of aryl methyl sites for hydroxylation is 2. The van der Waals surface area contributed by atoms with Gasteiger partial charge < -0.3 is 14.4 Å². The zero-order valence-electron chi connectivity index (χ0n) is 28.5. The van der Waals surface area contributed by atoms with Gasteiger partial charge in [-0.15, -0.1) is 0 Å². The first-order valence-corrected chi connectivity index (χ1v) is 17.1. The van der Waals surface area contributed by atoms with Crippen molar-refractivity contribution in [1.29, 1.82) is 0 Å². The van der Waals surface area contributed by atoms with Crippen LogP contribution in [0.4, 0.5) is 14.6 Å². The molecule has 0 radical (unpaired) electrons. The normalized spacial score (nSPS) is 16.6. The predicted octanol–water partition coefficient (Wildman–Crippen LogP) is 7.15. The van der Waals surface area contributed by atoms with Crippen LogP contribution in [0.3, 0.4) is 0 Å². The number of aromatic amines is 1. The molecule has 4 aromatic heterocycles. The van der Waals surface area contributed by atoms with Crippen molar-refractivity contribution in [3.8, 4) is 11.3 Å². The van der Waals surface area contributed by atoms with Crippen LogP contribution in [0.15, 0.2) is 66.2 Å². The van der Waals surface area contributed by atoms with Crippen LogP contribution < -0.4 is 10.6 Å². The molecular weight excluding hydrogens is 624 g/mol. The van der Waals surface area contributed by atoms with Gasteiger partial charge in [-0.3, -0.25) is 14.8 Å². The number of H-pyrrole nitrogens is 1. The number of amides is 1. The molecule has 0 saturated carbocycles. The largest absolute Gasteiger partial charge is 0.349 e. The molecule has 1 fully saturated rings. The second kappa shape index (κ2) is 14.3.